The number of aliphatic hydroxyl groups is 1. The maximum absolute atomic E-state index is 14.4. The maximum atomic E-state index is 14.4. The van der Waals surface area contributed by atoms with Crippen LogP contribution in [0.25, 0.3) is 22.2 Å². The summed E-state index contributed by atoms with van der Waals surface area (Å²) in [5, 5.41) is 10.3. The number of fused-ring (bicyclic) bond motifs is 2. The fourth-order valence-electron chi connectivity index (χ4n) is 5.06. The van der Waals surface area contributed by atoms with Gasteiger partial charge in [-0.05, 0) is 0 Å². The number of hydrogen-bond acceptors (Lipinski definition) is 14. The molecule has 0 spiro atoms. The molecule has 23 heteroatoms. The Hall–Kier alpha value is -2.81. The molecule has 0 aliphatic carbocycles. The van der Waals surface area contributed by atoms with Crippen molar-refractivity contribution in [2.45, 2.75) is 49.7 Å². The lowest BCUT2D eigenvalue weighted by Crippen LogP contribution is -2.29. The van der Waals surface area contributed by atoms with E-state index in [1.807, 2.05) is 0 Å². The molecule has 44 heavy (non-hydrogen) atoms. The van der Waals surface area contributed by atoms with Crippen molar-refractivity contribution in [2.75, 3.05) is 18.9 Å². The zero-order valence-corrected chi connectivity index (χ0v) is 24.9. The highest BCUT2D eigenvalue weighted by Crippen LogP contribution is 2.57. The zero-order valence-electron chi connectivity index (χ0n) is 22.2. The highest BCUT2D eigenvalue weighted by Gasteiger charge is 2.44. The highest BCUT2D eigenvalue weighted by atomic mass is 32.7. The van der Waals surface area contributed by atoms with Gasteiger partial charge >= 0.3 is 14.6 Å². The molecule has 6 N–H and O–H groups in total. The SMILES string of the molecule is Nc1ncnc2c1ncn2C1C[C@H](OP(=O)(S)OC[C@H]2O[C@@H](n3cc(F)c4c(=O)[nH]cnc43)C[C@@H]2O)C(COP(=O)(O)O)O1. The quantitative estimate of drug-likeness (QED) is 0.0999. The average molecular weight is 678 g/mol. The Morgan fingerprint density at radius 3 is 2.57 bits per heavy atom. The number of ether oxygens (including phenoxy) is 2. The smallest absolute Gasteiger partial charge is 0.390 e. The van der Waals surface area contributed by atoms with Crippen LogP contribution in [0.2, 0.25) is 0 Å². The van der Waals surface area contributed by atoms with Crippen molar-refractivity contribution in [1.82, 2.24) is 34.1 Å². The number of thiol groups is 1. The third-order valence-corrected chi connectivity index (χ3v) is 9.17. The summed E-state index contributed by atoms with van der Waals surface area (Å²) in [5.41, 5.74) is 5.77. The molecule has 19 nitrogen and oxygen atoms in total. The lowest BCUT2D eigenvalue weighted by atomic mass is 10.2. The van der Waals surface area contributed by atoms with E-state index in [1.54, 1.807) is 0 Å². The standard InChI is InChI=1S/C21H25FN8O11P2S/c22-9-3-29(19-16(9)21(32)27-7-25-19)14-1-10(31)12(39-14)4-38-43(36,44)41-11-2-15(40-13(11)5-37-42(33,34)35)30-8-28-17-18(23)24-6-26-20(17)30/h3,6-8,10-15,31H,1-2,4-5H2,(H,36,44)(H2,23,24,26)(H,25,27,32)(H2,33,34,35)/t10-,11-,12+,13?,14+,15?,43?/m0/s1. The number of nitrogens with one attached hydrogen (secondary N) is 1. The van der Waals surface area contributed by atoms with Gasteiger partial charge in [-0.25, -0.2) is 33.5 Å². The second-order valence-electron chi connectivity index (χ2n) is 9.89. The predicted octanol–water partition coefficient (Wildman–Crippen LogP) is 0.771. The average Bonchev–Trinajstić information content (AvgIpc) is 3.71. The van der Waals surface area contributed by atoms with Gasteiger partial charge in [-0.1, -0.05) is 12.2 Å². The predicted molar refractivity (Wildman–Crippen MR) is 149 cm³/mol. The van der Waals surface area contributed by atoms with E-state index in [1.165, 1.54) is 21.8 Å². The molecular formula is C21H25FN8O11P2S. The number of rotatable bonds is 10. The Balaban J connectivity index is 1.14. The molecule has 6 heterocycles. The number of aromatic nitrogens is 7. The molecule has 0 saturated carbocycles. The molecule has 4 aromatic rings. The van der Waals surface area contributed by atoms with E-state index in [2.05, 4.69) is 41.7 Å². The van der Waals surface area contributed by atoms with E-state index in [4.69, 9.17) is 24.3 Å². The Kier molecular flexibility index (Phi) is 8.39. The van der Waals surface area contributed by atoms with E-state index >= 15 is 0 Å². The van der Waals surface area contributed by atoms with E-state index < -0.39 is 76.1 Å². The monoisotopic (exact) mass is 678 g/mol. The van der Waals surface area contributed by atoms with E-state index in [-0.39, 0.29) is 29.7 Å². The maximum Gasteiger partial charge on any atom is 0.469 e. The zero-order chi connectivity index (χ0) is 31.4. The van der Waals surface area contributed by atoms with Gasteiger partial charge in [0.25, 0.3) is 5.56 Å². The molecule has 2 aliphatic heterocycles. The fraction of sp³-hybridized carbons (Fsp3) is 0.476. The van der Waals surface area contributed by atoms with Crippen LogP contribution in [0.1, 0.15) is 25.3 Å². The van der Waals surface area contributed by atoms with Crippen LogP contribution in [0.3, 0.4) is 0 Å². The van der Waals surface area contributed by atoms with Gasteiger partial charge in [0.2, 0.25) is 0 Å². The summed E-state index contributed by atoms with van der Waals surface area (Å²) >= 11 is 4.03. The lowest BCUT2D eigenvalue weighted by molar-refractivity contribution is -0.0480. The number of nitrogens with two attached hydrogens (primary N) is 1. The number of imidazole rings is 1. The van der Waals surface area contributed by atoms with Crippen LogP contribution in [-0.2, 0) is 32.2 Å². The second kappa shape index (κ2) is 11.8. The summed E-state index contributed by atoms with van der Waals surface area (Å²) in [6.45, 7) is -5.36. The number of anilines is 1. The van der Waals surface area contributed by atoms with Crippen molar-refractivity contribution < 1.29 is 51.5 Å². The van der Waals surface area contributed by atoms with Crippen LogP contribution >= 0.6 is 26.9 Å². The minimum absolute atomic E-state index is 0.00685. The molecule has 4 aromatic heterocycles. The first-order valence-corrected chi connectivity index (χ1v) is 17.0. The molecule has 3 unspecified atom stereocenters. The lowest BCUT2D eigenvalue weighted by Gasteiger charge is -2.23. The normalized spacial score (nSPS) is 27.4. The van der Waals surface area contributed by atoms with Crippen molar-refractivity contribution in [3.8, 4) is 0 Å². The number of aliphatic hydroxyl groups excluding tert-OH is 1. The Morgan fingerprint density at radius 2 is 1.80 bits per heavy atom. The molecule has 238 valence electrons. The van der Waals surface area contributed by atoms with Gasteiger partial charge in [0.15, 0.2) is 22.9 Å². The van der Waals surface area contributed by atoms with Gasteiger partial charge in [0.05, 0.1) is 32.0 Å². The van der Waals surface area contributed by atoms with Crippen LogP contribution in [0.5, 0.6) is 0 Å². The Labute approximate surface area is 250 Å². The molecule has 0 amide bonds. The molecule has 2 fully saturated rings. The first kappa shape index (κ1) is 31.2. The molecule has 2 aliphatic rings. The molecule has 0 radical (unpaired) electrons. The number of halogens is 1. The minimum atomic E-state index is -4.91. The Morgan fingerprint density at radius 1 is 1.07 bits per heavy atom. The molecular weight excluding hydrogens is 653 g/mol. The highest BCUT2D eigenvalue weighted by molar-refractivity contribution is 8.44. The molecule has 2 saturated heterocycles. The van der Waals surface area contributed by atoms with Crippen molar-refractivity contribution >= 4 is 54.9 Å². The number of phosphoric ester groups is 1. The van der Waals surface area contributed by atoms with Crippen LogP contribution < -0.4 is 11.3 Å². The number of aromatic amines is 1. The Bertz CT molecular complexity index is 1850. The van der Waals surface area contributed by atoms with Gasteiger partial charge in [-0.2, -0.15) is 0 Å². The number of phosphoric acid groups is 1. The van der Waals surface area contributed by atoms with Gasteiger partial charge in [0, 0.05) is 19.0 Å². The largest absolute Gasteiger partial charge is 0.469 e. The summed E-state index contributed by atoms with van der Waals surface area (Å²) in [4.78, 5) is 48.9. The van der Waals surface area contributed by atoms with Crippen LogP contribution in [0.4, 0.5) is 10.2 Å². The first-order chi connectivity index (χ1) is 20.8. The number of nitrogens with zero attached hydrogens (tertiary/aromatic N) is 6. The van der Waals surface area contributed by atoms with Crippen LogP contribution in [0, 0.1) is 5.82 Å². The molecule has 0 bridgehead atoms. The first-order valence-electron chi connectivity index (χ1n) is 12.8. The van der Waals surface area contributed by atoms with Gasteiger partial charge in [-0.3, -0.25) is 22.9 Å². The van der Waals surface area contributed by atoms with E-state index in [9.17, 15) is 33.2 Å². The fourth-order valence-corrected chi connectivity index (χ4v) is 6.92. The summed E-state index contributed by atoms with van der Waals surface area (Å²) < 4.78 is 69.1. The van der Waals surface area contributed by atoms with Gasteiger partial charge in [-0.15, -0.1) is 0 Å². The van der Waals surface area contributed by atoms with Crippen molar-refractivity contribution in [3.63, 3.8) is 0 Å². The third kappa shape index (κ3) is 6.31. The molecule has 7 atom stereocenters. The summed E-state index contributed by atoms with van der Waals surface area (Å²) in [6, 6.07) is 0. The molecule has 0 aromatic carbocycles. The number of H-pyrrole nitrogens is 1. The van der Waals surface area contributed by atoms with Crippen LogP contribution in [0.15, 0.2) is 30.0 Å². The van der Waals surface area contributed by atoms with Crippen molar-refractivity contribution in [3.05, 3.63) is 41.3 Å². The van der Waals surface area contributed by atoms with Crippen molar-refractivity contribution in [1.29, 1.82) is 0 Å². The summed E-state index contributed by atoms with van der Waals surface area (Å²) in [6.07, 6.45) is -1.60. The number of hydrogen-bond donors (Lipinski definition) is 6. The topological polar surface area (TPSA) is 261 Å². The van der Waals surface area contributed by atoms with Gasteiger partial charge in [0.1, 0.15) is 48.0 Å². The van der Waals surface area contributed by atoms with Crippen LogP contribution in [-0.4, -0.2) is 86.6 Å². The minimum Gasteiger partial charge on any atom is -0.390 e. The summed E-state index contributed by atoms with van der Waals surface area (Å²) in [5.74, 6) is -0.706. The summed E-state index contributed by atoms with van der Waals surface area (Å²) in [7, 11) is -4.91. The van der Waals surface area contributed by atoms with Gasteiger partial charge < -0.3 is 39.7 Å². The van der Waals surface area contributed by atoms with E-state index in [0.29, 0.717) is 11.2 Å². The van der Waals surface area contributed by atoms with E-state index in [0.717, 1.165) is 12.5 Å². The second-order valence-corrected chi connectivity index (χ2v) is 14.0. The van der Waals surface area contributed by atoms with Crippen molar-refractivity contribution in [2.24, 2.45) is 0 Å². The third-order valence-electron chi connectivity index (χ3n) is 7.04. The number of nitrogen functional groups attached to an aromatic ring is 1. The molecule has 6 rings (SSSR count).